The molecule has 0 amide bonds. The summed E-state index contributed by atoms with van der Waals surface area (Å²) in [6.07, 6.45) is 1.59. The van der Waals surface area contributed by atoms with Gasteiger partial charge in [-0.05, 0) is 18.4 Å². The Bertz CT molecular complexity index is 507. The van der Waals surface area contributed by atoms with Crippen molar-refractivity contribution in [1.82, 2.24) is 0 Å². The molecular weight excluding hydrogens is 252 g/mol. The van der Waals surface area contributed by atoms with E-state index in [0.717, 1.165) is 6.26 Å². The van der Waals surface area contributed by atoms with Crippen LogP contribution in [0.4, 0.5) is 0 Å². The third kappa shape index (κ3) is 3.32. The van der Waals surface area contributed by atoms with Gasteiger partial charge in [-0.2, -0.15) is 0 Å². The van der Waals surface area contributed by atoms with Crippen molar-refractivity contribution in [3.8, 4) is 0 Å². The second-order valence-electron chi connectivity index (χ2n) is 4.49. The van der Waals surface area contributed by atoms with Crippen LogP contribution in [-0.4, -0.2) is 31.5 Å². The summed E-state index contributed by atoms with van der Waals surface area (Å²) in [4.78, 5) is 11.6. The predicted octanol–water partition coefficient (Wildman–Crippen LogP) is 1.85. The molecule has 0 radical (unpaired) electrons. The number of carboxylic acids is 1. The summed E-state index contributed by atoms with van der Waals surface area (Å²) < 4.78 is 22.5. The van der Waals surface area contributed by atoms with Gasteiger partial charge >= 0.3 is 5.97 Å². The van der Waals surface area contributed by atoms with Crippen molar-refractivity contribution < 1.29 is 18.3 Å². The maximum absolute atomic E-state index is 11.6. The van der Waals surface area contributed by atoms with Crippen LogP contribution in [0.2, 0.25) is 0 Å². The van der Waals surface area contributed by atoms with E-state index in [2.05, 4.69) is 0 Å². The van der Waals surface area contributed by atoms with Crippen LogP contribution in [0, 0.1) is 0 Å². The lowest BCUT2D eigenvalue weighted by Crippen LogP contribution is -2.37. The molecule has 4 nitrogen and oxygen atoms in total. The SMILES string of the molecule is CCC(CCS(C)(=O)=O)(C(=O)O)c1ccccc1. The molecule has 0 fully saturated rings. The van der Waals surface area contributed by atoms with E-state index in [1.165, 1.54) is 0 Å². The molecule has 1 aromatic rings. The van der Waals surface area contributed by atoms with Gasteiger partial charge in [0.1, 0.15) is 9.84 Å². The number of carbonyl (C=O) groups is 1. The van der Waals surface area contributed by atoms with Gasteiger partial charge in [0.05, 0.1) is 11.2 Å². The average Bonchev–Trinajstić information content (AvgIpc) is 2.30. The monoisotopic (exact) mass is 270 g/mol. The van der Waals surface area contributed by atoms with Crippen molar-refractivity contribution in [2.45, 2.75) is 25.2 Å². The standard InChI is InChI=1S/C13H18O4S/c1-3-13(12(14)15,9-10-18(2,16)17)11-7-5-4-6-8-11/h4-8H,3,9-10H2,1-2H3,(H,14,15). The Balaban J connectivity index is 3.15. The molecule has 0 aromatic heterocycles. The molecule has 100 valence electrons. The number of hydrogen-bond acceptors (Lipinski definition) is 3. The Hall–Kier alpha value is -1.36. The first kappa shape index (κ1) is 14.7. The van der Waals surface area contributed by atoms with Gasteiger partial charge in [-0.25, -0.2) is 8.42 Å². The van der Waals surface area contributed by atoms with Crippen LogP contribution in [0.5, 0.6) is 0 Å². The van der Waals surface area contributed by atoms with Crippen LogP contribution in [0.1, 0.15) is 25.3 Å². The minimum Gasteiger partial charge on any atom is -0.481 e. The van der Waals surface area contributed by atoms with Crippen LogP contribution in [0.15, 0.2) is 30.3 Å². The first-order chi connectivity index (χ1) is 8.32. The van der Waals surface area contributed by atoms with Crippen LogP contribution >= 0.6 is 0 Å². The zero-order chi connectivity index (χ0) is 13.8. The van der Waals surface area contributed by atoms with Gasteiger partial charge in [0, 0.05) is 6.26 Å². The fourth-order valence-corrected chi connectivity index (χ4v) is 2.74. The number of benzene rings is 1. The van der Waals surface area contributed by atoms with Crippen molar-refractivity contribution >= 4 is 15.8 Å². The fourth-order valence-electron chi connectivity index (χ4n) is 2.02. The van der Waals surface area contributed by atoms with Crippen molar-refractivity contribution in [3.05, 3.63) is 35.9 Å². The highest BCUT2D eigenvalue weighted by molar-refractivity contribution is 7.90. The van der Waals surface area contributed by atoms with Gasteiger partial charge in [0.25, 0.3) is 0 Å². The smallest absolute Gasteiger partial charge is 0.314 e. The number of rotatable bonds is 6. The molecule has 1 rings (SSSR count). The average molecular weight is 270 g/mol. The molecule has 1 N–H and O–H groups in total. The quantitative estimate of drug-likeness (QED) is 0.856. The van der Waals surface area contributed by atoms with E-state index in [1.807, 2.05) is 6.07 Å². The highest BCUT2D eigenvalue weighted by Crippen LogP contribution is 2.32. The van der Waals surface area contributed by atoms with Gasteiger partial charge < -0.3 is 5.11 Å². The Morgan fingerprint density at radius 1 is 1.28 bits per heavy atom. The first-order valence-electron chi connectivity index (χ1n) is 5.78. The largest absolute Gasteiger partial charge is 0.481 e. The minimum absolute atomic E-state index is 0.0989. The van der Waals surface area contributed by atoms with Crippen LogP contribution in [-0.2, 0) is 20.0 Å². The second kappa shape index (κ2) is 5.52. The highest BCUT2D eigenvalue weighted by atomic mass is 32.2. The molecule has 0 spiro atoms. The molecule has 0 saturated heterocycles. The molecule has 0 saturated carbocycles. The van der Waals surface area contributed by atoms with Crippen molar-refractivity contribution in [2.75, 3.05) is 12.0 Å². The highest BCUT2D eigenvalue weighted by Gasteiger charge is 2.38. The molecule has 1 atom stereocenters. The summed E-state index contributed by atoms with van der Waals surface area (Å²) in [5.74, 6) is -1.10. The Labute approximate surface area is 108 Å². The van der Waals surface area contributed by atoms with E-state index in [1.54, 1.807) is 31.2 Å². The molecule has 0 aliphatic carbocycles. The molecule has 18 heavy (non-hydrogen) atoms. The predicted molar refractivity (Wildman–Crippen MR) is 70.4 cm³/mol. The van der Waals surface area contributed by atoms with Crippen LogP contribution in [0.3, 0.4) is 0 Å². The molecule has 0 aliphatic heterocycles. The van der Waals surface area contributed by atoms with Crippen LogP contribution < -0.4 is 0 Å². The Kier molecular flexibility index (Phi) is 4.51. The molecule has 0 bridgehead atoms. The molecule has 0 aliphatic rings. The lowest BCUT2D eigenvalue weighted by Gasteiger charge is -2.28. The third-order valence-corrected chi connectivity index (χ3v) is 4.18. The topological polar surface area (TPSA) is 71.4 Å². The second-order valence-corrected chi connectivity index (χ2v) is 6.75. The zero-order valence-electron chi connectivity index (χ0n) is 10.6. The normalized spacial score (nSPS) is 15.0. The van der Waals surface area contributed by atoms with E-state index >= 15 is 0 Å². The number of carboxylic acid groups (broad SMARTS) is 1. The summed E-state index contributed by atoms with van der Waals surface area (Å²) in [6.45, 7) is 1.77. The molecule has 5 heteroatoms. The molecule has 1 aromatic carbocycles. The summed E-state index contributed by atoms with van der Waals surface area (Å²) in [5, 5.41) is 9.48. The molecule has 1 unspecified atom stereocenters. The van der Waals surface area contributed by atoms with E-state index in [-0.39, 0.29) is 12.2 Å². The van der Waals surface area contributed by atoms with Crippen molar-refractivity contribution in [2.24, 2.45) is 0 Å². The zero-order valence-corrected chi connectivity index (χ0v) is 11.4. The maximum atomic E-state index is 11.6. The minimum atomic E-state index is -3.17. The summed E-state index contributed by atoms with van der Waals surface area (Å²) in [5.41, 5.74) is -0.465. The molecular formula is C13H18O4S. The van der Waals surface area contributed by atoms with Gasteiger partial charge in [-0.1, -0.05) is 37.3 Å². The van der Waals surface area contributed by atoms with Crippen molar-refractivity contribution in [1.29, 1.82) is 0 Å². The van der Waals surface area contributed by atoms with E-state index in [0.29, 0.717) is 12.0 Å². The summed E-state index contributed by atoms with van der Waals surface area (Å²) in [7, 11) is -3.17. The number of sulfone groups is 1. The fraction of sp³-hybridized carbons (Fsp3) is 0.462. The first-order valence-corrected chi connectivity index (χ1v) is 7.84. The lowest BCUT2D eigenvalue weighted by atomic mass is 9.76. The molecule has 0 heterocycles. The number of aliphatic carboxylic acids is 1. The van der Waals surface area contributed by atoms with Gasteiger partial charge in [0.2, 0.25) is 0 Å². The maximum Gasteiger partial charge on any atom is 0.314 e. The van der Waals surface area contributed by atoms with Gasteiger partial charge in [0.15, 0.2) is 0 Å². The number of hydrogen-bond donors (Lipinski definition) is 1. The van der Waals surface area contributed by atoms with Gasteiger partial charge in [-0.15, -0.1) is 0 Å². The van der Waals surface area contributed by atoms with Crippen LogP contribution in [0.25, 0.3) is 0 Å². The lowest BCUT2D eigenvalue weighted by molar-refractivity contribution is -0.144. The van der Waals surface area contributed by atoms with E-state index in [4.69, 9.17) is 0 Å². The summed E-state index contributed by atoms with van der Waals surface area (Å²) >= 11 is 0. The summed E-state index contributed by atoms with van der Waals surface area (Å²) in [6, 6.07) is 8.81. The Morgan fingerprint density at radius 2 is 1.83 bits per heavy atom. The van der Waals surface area contributed by atoms with Crippen molar-refractivity contribution in [3.63, 3.8) is 0 Å². The third-order valence-electron chi connectivity index (χ3n) is 3.24. The van der Waals surface area contributed by atoms with E-state index in [9.17, 15) is 18.3 Å². The Morgan fingerprint density at radius 3 is 2.22 bits per heavy atom. The van der Waals surface area contributed by atoms with E-state index < -0.39 is 21.2 Å². The van der Waals surface area contributed by atoms with Gasteiger partial charge in [-0.3, -0.25) is 4.79 Å².